The molecule has 1 aromatic heterocycles. The van der Waals surface area contributed by atoms with Gasteiger partial charge in [-0.3, -0.25) is 0 Å². The first-order valence-corrected chi connectivity index (χ1v) is 7.65. The summed E-state index contributed by atoms with van der Waals surface area (Å²) in [5.41, 5.74) is 9.16. The highest BCUT2D eigenvalue weighted by molar-refractivity contribution is 6.31. The maximum Gasteiger partial charge on any atom is 0.113 e. The van der Waals surface area contributed by atoms with E-state index in [1.54, 1.807) is 0 Å². The Morgan fingerprint density at radius 2 is 1.86 bits per heavy atom. The van der Waals surface area contributed by atoms with Crippen LogP contribution in [0.15, 0.2) is 60.9 Å². The van der Waals surface area contributed by atoms with Crippen molar-refractivity contribution in [2.45, 2.75) is 19.5 Å². The standard InChI is InChI=1S/C18H18ClN3/c19-17-7-2-1-6-16(17)11-18-21-8-9-22(18)13-15-5-3-4-14(10-15)12-20/h1-10H,11-13,20H2. The normalized spacial score (nSPS) is 10.8. The van der Waals surface area contributed by atoms with Crippen molar-refractivity contribution in [2.75, 3.05) is 0 Å². The lowest BCUT2D eigenvalue weighted by Gasteiger charge is -2.10. The summed E-state index contributed by atoms with van der Waals surface area (Å²) in [7, 11) is 0. The summed E-state index contributed by atoms with van der Waals surface area (Å²) in [4.78, 5) is 4.47. The van der Waals surface area contributed by atoms with Crippen LogP contribution in [0.4, 0.5) is 0 Å². The average molecular weight is 312 g/mol. The summed E-state index contributed by atoms with van der Waals surface area (Å²) in [6.07, 6.45) is 4.56. The molecule has 3 nitrogen and oxygen atoms in total. The lowest BCUT2D eigenvalue weighted by molar-refractivity contribution is 0.739. The van der Waals surface area contributed by atoms with E-state index in [-0.39, 0.29) is 0 Å². The number of nitrogens with zero attached hydrogens (tertiary/aromatic N) is 2. The molecule has 0 saturated heterocycles. The second-order valence-electron chi connectivity index (χ2n) is 5.26. The highest BCUT2D eigenvalue weighted by Gasteiger charge is 2.07. The number of halogens is 1. The van der Waals surface area contributed by atoms with E-state index < -0.39 is 0 Å². The quantitative estimate of drug-likeness (QED) is 0.782. The number of nitrogens with two attached hydrogens (primary N) is 1. The van der Waals surface area contributed by atoms with Crippen LogP contribution in [0.1, 0.15) is 22.5 Å². The molecule has 0 fully saturated rings. The second kappa shape index (κ2) is 6.77. The predicted octanol–water partition coefficient (Wildman–Crippen LogP) is 3.63. The molecule has 0 aliphatic carbocycles. The number of hydrogen-bond donors (Lipinski definition) is 1. The first-order valence-electron chi connectivity index (χ1n) is 7.27. The van der Waals surface area contributed by atoms with Gasteiger partial charge in [0.05, 0.1) is 0 Å². The minimum Gasteiger partial charge on any atom is -0.330 e. The van der Waals surface area contributed by atoms with Gasteiger partial charge in [-0.2, -0.15) is 0 Å². The lowest BCUT2D eigenvalue weighted by atomic mass is 10.1. The molecule has 0 unspecified atom stereocenters. The highest BCUT2D eigenvalue weighted by atomic mass is 35.5. The van der Waals surface area contributed by atoms with E-state index in [1.165, 1.54) is 5.56 Å². The van der Waals surface area contributed by atoms with Gasteiger partial charge in [0, 0.05) is 36.9 Å². The van der Waals surface area contributed by atoms with E-state index in [1.807, 2.05) is 48.8 Å². The van der Waals surface area contributed by atoms with Crippen molar-refractivity contribution in [3.05, 3.63) is 88.5 Å². The fraction of sp³-hybridized carbons (Fsp3) is 0.167. The van der Waals surface area contributed by atoms with Crippen LogP contribution in [0.2, 0.25) is 5.02 Å². The first-order chi connectivity index (χ1) is 10.8. The molecule has 0 aliphatic rings. The number of benzene rings is 2. The highest BCUT2D eigenvalue weighted by Crippen LogP contribution is 2.19. The summed E-state index contributed by atoms with van der Waals surface area (Å²) < 4.78 is 2.15. The van der Waals surface area contributed by atoms with Crippen LogP contribution in [-0.2, 0) is 19.5 Å². The van der Waals surface area contributed by atoms with Gasteiger partial charge in [-0.1, -0.05) is 54.1 Å². The molecule has 2 aromatic carbocycles. The molecular formula is C18H18ClN3. The van der Waals surface area contributed by atoms with E-state index in [0.29, 0.717) is 6.54 Å². The van der Waals surface area contributed by atoms with Crippen molar-refractivity contribution >= 4 is 11.6 Å². The van der Waals surface area contributed by atoms with E-state index in [0.717, 1.165) is 34.9 Å². The van der Waals surface area contributed by atoms with E-state index in [4.69, 9.17) is 17.3 Å². The van der Waals surface area contributed by atoms with Gasteiger partial charge < -0.3 is 10.3 Å². The van der Waals surface area contributed by atoms with Crippen molar-refractivity contribution < 1.29 is 0 Å². The molecular weight excluding hydrogens is 294 g/mol. The molecule has 0 aliphatic heterocycles. The van der Waals surface area contributed by atoms with Crippen LogP contribution in [0.5, 0.6) is 0 Å². The summed E-state index contributed by atoms with van der Waals surface area (Å²) in [5, 5.41) is 0.780. The zero-order valence-electron chi connectivity index (χ0n) is 12.2. The molecule has 112 valence electrons. The van der Waals surface area contributed by atoms with Crippen LogP contribution in [-0.4, -0.2) is 9.55 Å². The van der Waals surface area contributed by atoms with Crippen molar-refractivity contribution in [3.63, 3.8) is 0 Å². The first kappa shape index (κ1) is 14.8. The second-order valence-corrected chi connectivity index (χ2v) is 5.67. The van der Waals surface area contributed by atoms with Gasteiger partial charge in [-0.05, 0) is 22.8 Å². The monoisotopic (exact) mass is 311 g/mol. The summed E-state index contributed by atoms with van der Waals surface area (Å²) in [6.45, 7) is 1.35. The van der Waals surface area contributed by atoms with Gasteiger partial charge in [0.2, 0.25) is 0 Å². The van der Waals surface area contributed by atoms with Crippen LogP contribution >= 0.6 is 11.6 Å². The molecule has 0 radical (unpaired) electrons. The van der Waals surface area contributed by atoms with Gasteiger partial charge in [0.1, 0.15) is 5.82 Å². The van der Waals surface area contributed by atoms with E-state index >= 15 is 0 Å². The smallest absolute Gasteiger partial charge is 0.113 e. The van der Waals surface area contributed by atoms with Gasteiger partial charge in [-0.25, -0.2) is 4.98 Å². The Morgan fingerprint density at radius 3 is 2.68 bits per heavy atom. The largest absolute Gasteiger partial charge is 0.330 e. The molecule has 0 saturated carbocycles. The van der Waals surface area contributed by atoms with E-state index in [2.05, 4.69) is 21.7 Å². The Hall–Kier alpha value is -2.10. The maximum atomic E-state index is 6.24. The summed E-state index contributed by atoms with van der Waals surface area (Å²) in [6, 6.07) is 16.2. The van der Waals surface area contributed by atoms with Crippen molar-refractivity contribution in [1.29, 1.82) is 0 Å². The number of hydrogen-bond acceptors (Lipinski definition) is 2. The molecule has 4 heteroatoms. The fourth-order valence-corrected chi connectivity index (χ4v) is 2.72. The predicted molar refractivity (Wildman–Crippen MR) is 89.9 cm³/mol. The van der Waals surface area contributed by atoms with Gasteiger partial charge in [-0.15, -0.1) is 0 Å². The van der Waals surface area contributed by atoms with Crippen LogP contribution < -0.4 is 5.73 Å². The van der Waals surface area contributed by atoms with Crippen molar-refractivity contribution in [1.82, 2.24) is 9.55 Å². The lowest BCUT2D eigenvalue weighted by Crippen LogP contribution is -2.06. The van der Waals surface area contributed by atoms with Crippen LogP contribution in [0.25, 0.3) is 0 Å². The molecule has 2 N–H and O–H groups in total. The average Bonchev–Trinajstić information content (AvgIpc) is 2.97. The summed E-state index contributed by atoms with van der Waals surface area (Å²) >= 11 is 6.24. The minimum absolute atomic E-state index is 0.560. The summed E-state index contributed by atoms with van der Waals surface area (Å²) in [5.74, 6) is 1.01. The molecule has 1 heterocycles. The van der Waals surface area contributed by atoms with Crippen LogP contribution in [0.3, 0.4) is 0 Å². The van der Waals surface area contributed by atoms with Crippen molar-refractivity contribution in [2.24, 2.45) is 5.73 Å². The molecule has 0 spiro atoms. The topological polar surface area (TPSA) is 43.8 Å². The molecule has 0 amide bonds. The van der Waals surface area contributed by atoms with Crippen molar-refractivity contribution in [3.8, 4) is 0 Å². The van der Waals surface area contributed by atoms with Gasteiger partial charge in [0.25, 0.3) is 0 Å². The van der Waals surface area contributed by atoms with E-state index in [9.17, 15) is 0 Å². The Labute approximate surface area is 135 Å². The number of imidazole rings is 1. The number of rotatable bonds is 5. The Morgan fingerprint density at radius 1 is 1.05 bits per heavy atom. The molecule has 0 atom stereocenters. The Kier molecular flexibility index (Phi) is 4.56. The SMILES string of the molecule is NCc1cccc(Cn2ccnc2Cc2ccccc2Cl)c1. The molecule has 0 bridgehead atoms. The van der Waals surface area contributed by atoms with Gasteiger partial charge in [0.15, 0.2) is 0 Å². The zero-order chi connectivity index (χ0) is 15.4. The molecule has 3 aromatic rings. The zero-order valence-corrected chi connectivity index (χ0v) is 13.0. The third-order valence-corrected chi connectivity index (χ3v) is 4.06. The number of aromatic nitrogens is 2. The third-order valence-electron chi connectivity index (χ3n) is 3.69. The molecule has 22 heavy (non-hydrogen) atoms. The van der Waals surface area contributed by atoms with Gasteiger partial charge >= 0.3 is 0 Å². The molecule has 3 rings (SSSR count). The Bertz CT molecular complexity index is 764. The van der Waals surface area contributed by atoms with Crippen LogP contribution in [0, 0.1) is 0 Å². The third kappa shape index (κ3) is 3.38. The fourth-order valence-electron chi connectivity index (χ4n) is 2.51. The Balaban J connectivity index is 1.81. The maximum absolute atomic E-state index is 6.24. The minimum atomic E-state index is 0.560.